The number of furan rings is 1. The molecule has 0 unspecified atom stereocenters. The Balaban J connectivity index is 0.876. The van der Waals surface area contributed by atoms with Gasteiger partial charge in [0.05, 0.1) is 11.0 Å². The maximum atomic E-state index is 6.35. The molecule has 66 heavy (non-hydrogen) atoms. The number of fused-ring (bicyclic) bond motifs is 12. The quantitative estimate of drug-likeness (QED) is 0.173. The van der Waals surface area contributed by atoms with Crippen molar-refractivity contribution >= 4 is 75.3 Å². The van der Waals surface area contributed by atoms with E-state index in [2.05, 4.69) is 188 Å². The second kappa shape index (κ2) is 13.9. The predicted octanol–water partition coefficient (Wildman–Crippen LogP) is 16.2. The summed E-state index contributed by atoms with van der Waals surface area (Å²) < 4.78 is 11.2. The third-order valence-electron chi connectivity index (χ3n) is 13.8. The number of hydrogen-bond donors (Lipinski definition) is 0. The van der Waals surface area contributed by atoms with Crippen LogP contribution in [0.3, 0.4) is 0 Å². The summed E-state index contributed by atoms with van der Waals surface area (Å²) in [7, 11) is 0. The van der Waals surface area contributed by atoms with E-state index in [0.29, 0.717) is 17.5 Å². The summed E-state index contributed by atoms with van der Waals surface area (Å²) >= 11 is 1.81. The van der Waals surface area contributed by atoms with Gasteiger partial charge in [0.15, 0.2) is 17.5 Å². The van der Waals surface area contributed by atoms with Crippen LogP contribution >= 0.6 is 11.3 Å². The minimum atomic E-state index is -0.188. The van der Waals surface area contributed by atoms with Crippen LogP contribution < -0.4 is 0 Å². The number of thiophene rings is 1. The Bertz CT molecular complexity index is 4160. The van der Waals surface area contributed by atoms with E-state index in [-0.39, 0.29) is 5.41 Å². The zero-order valence-electron chi connectivity index (χ0n) is 36.1. The SMILES string of the molecule is CC1(C)c2cc(-c3ccc4c(c3)c3ccccc3n4-c3cccc(-c4nc(-c5ccccc5)nc(-c5ccc6sc7ccccc7c6c5)n4)c3)ccc2-c2cc3c(cc21)oc1ccccc13. The summed E-state index contributed by atoms with van der Waals surface area (Å²) in [6.07, 6.45) is 0. The fraction of sp³-hybridized carbons (Fsp3) is 0.0500. The van der Waals surface area contributed by atoms with Gasteiger partial charge in [-0.05, 0) is 112 Å². The lowest BCUT2D eigenvalue weighted by Crippen LogP contribution is -2.15. The molecular formula is C60H38N4OS. The lowest BCUT2D eigenvalue weighted by Gasteiger charge is -2.22. The summed E-state index contributed by atoms with van der Waals surface area (Å²) in [6.45, 7) is 4.68. The van der Waals surface area contributed by atoms with Gasteiger partial charge in [-0.25, -0.2) is 15.0 Å². The maximum absolute atomic E-state index is 6.35. The summed E-state index contributed by atoms with van der Waals surface area (Å²) in [6, 6.07) is 69.5. The largest absolute Gasteiger partial charge is 0.456 e. The first-order chi connectivity index (χ1) is 32.4. The highest BCUT2D eigenvalue weighted by atomic mass is 32.1. The summed E-state index contributed by atoms with van der Waals surface area (Å²) in [4.78, 5) is 15.4. The van der Waals surface area contributed by atoms with Gasteiger partial charge in [0, 0.05) is 69.5 Å². The van der Waals surface area contributed by atoms with Crippen molar-refractivity contribution in [3.05, 3.63) is 205 Å². The Morgan fingerprint density at radius 2 is 1.02 bits per heavy atom. The van der Waals surface area contributed by atoms with E-state index in [1.807, 2.05) is 35.6 Å². The normalized spacial score (nSPS) is 13.1. The van der Waals surface area contributed by atoms with Gasteiger partial charge in [-0.15, -0.1) is 11.3 Å². The van der Waals surface area contributed by atoms with Crippen LogP contribution in [0.25, 0.3) is 126 Å². The minimum Gasteiger partial charge on any atom is -0.456 e. The predicted molar refractivity (Wildman–Crippen MR) is 274 cm³/mol. The molecule has 4 aromatic heterocycles. The Hall–Kier alpha value is -8.19. The summed E-state index contributed by atoms with van der Waals surface area (Å²) in [5.41, 5.74) is 15.4. The molecule has 13 aromatic rings. The molecule has 0 radical (unpaired) electrons. The Labute approximate surface area is 383 Å². The molecule has 5 nitrogen and oxygen atoms in total. The highest BCUT2D eigenvalue weighted by Crippen LogP contribution is 2.52. The molecule has 0 saturated heterocycles. The van der Waals surface area contributed by atoms with Crippen molar-refractivity contribution in [2.24, 2.45) is 0 Å². The van der Waals surface area contributed by atoms with Gasteiger partial charge in [0.1, 0.15) is 11.2 Å². The lowest BCUT2D eigenvalue weighted by atomic mass is 9.81. The van der Waals surface area contributed by atoms with Crippen LogP contribution in [-0.4, -0.2) is 19.5 Å². The van der Waals surface area contributed by atoms with E-state index in [4.69, 9.17) is 19.4 Å². The van der Waals surface area contributed by atoms with Gasteiger partial charge in [-0.2, -0.15) is 0 Å². The molecule has 0 amide bonds. The van der Waals surface area contributed by atoms with Crippen LogP contribution in [-0.2, 0) is 5.41 Å². The lowest BCUT2D eigenvalue weighted by molar-refractivity contribution is 0.647. The number of aromatic nitrogens is 4. The van der Waals surface area contributed by atoms with Crippen molar-refractivity contribution in [3.8, 4) is 62.1 Å². The fourth-order valence-electron chi connectivity index (χ4n) is 10.6. The number of nitrogens with zero attached hydrogens (tertiary/aromatic N) is 4. The third-order valence-corrected chi connectivity index (χ3v) is 15.0. The van der Waals surface area contributed by atoms with Crippen LogP contribution in [0.1, 0.15) is 25.0 Å². The molecule has 310 valence electrons. The smallest absolute Gasteiger partial charge is 0.164 e. The van der Waals surface area contributed by atoms with E-state index < -0.39 is 0 Å². The molecule has 0 atom stereocenters. The molecule has 9 aromatic carbocycles. The third kappa shape index (κ3) is 5.55. The summed E-state index contributed by atoms with van der Waals surface area (Å²) in [5.74, 6) is 1.92. The molecular weight excluding hydrogens is 825 g/mol. The zero-order chi connectivity index (χ0) is 43.7. The van der Waals surface area contributed by atoms with E-state index >= 15 is 0 Å². The molecule has 0 spiro atoms. The van der Waals surface area contributed by atoms with Gasteiger partial charge in [-0.1, -0.05) is 129 Å². The molecule has 4 heterocycles. The molecule has 1 aliphatic carbocycles. The van der Waals surface area contributed by atoms with Gasteiger partial charge in [0.25, 0.3) is 0 Å². The van der Waals surface area contributed by atoms with Crippen LogP contribution in [0.2, 0.25) is 0 Å². The molecule has 0 saturated carbocycles. The first-order valence-corrected chi connectivity index (χ1v) is 23.2. The van der Waals surface area contributed by atoms with Gasteiger partial charge in [0.2, 0.25) is 0 Å². The Morgan fingerprint density at radius 1 is 0.394 bits per heavy atom. The molecule has 6 heteroatoms. The molecule has 1 aliphatic rings. The van der Waals surface area contributed by atoms with E-state index in [9.17, 15) is 0 Å². The van der Waals surface area contributed by atoms with Crippen molar-refractivity contribution in [2.75, 3.05) is 0 Å². The van der Waals surface area contributed by atoms with E-state index in [1.165, 1.54) is 69.7 Å². The number of hydrogen-bond acceptors (Lipinski definition) is 5. The monoisotopic (exact) mass is 862 g/mol. The molecule has 0 aliphatic heterocycles. The minimum absolute atomic E-state index is 0.188. The first-order valence-electron chi connectivity index (χ1n) is 22.4. The topological polar surface area (TPSA) is 56.7 Å². The maximum Gasteiger partial charge on any atom is 0.164 e. The van der Waals surface area contributed by atoms with E-state index in [0.717, 1.165) is 50.0 Å². The van der Waals surface area contributed by atoms with Crippen LogP contribution in [0, 0.1) is 0 Å². The van der Waals surface area contributed by atoms with Crippen molar-refractivity contribution in [1.29, 1.82) is 0 Å². The van der Waals surface area contributed by atoms with Crippen molar-refractivity contribution in [2.45, 2.75) is 19.3 Å². The van der Waals surface area contributed by atoms with Crippen molar-refractivity contribution in [3.63, 3.8) is 0 Å². The highest BCUT2D eigenvalue weighted by Gasteiger charge is 2.36. The summed E-state index contributed by atoms with van der Waals surface area (Å²) in [5, 5.41) is 7.19. The average Bonchev–Trinajstić information content (AvgIpc) is 4.09. The molecule has 0 fully saturated rings. The zero-order valence-corrected chi connectivity index (χ0v) is 36.9. The molecule has 0 bridgehead atoms. The van der Waals surface area contributed by atoms with Crippen LogP contribution in [0.4, 0.5) is 0 Å². The second-order valence-electron chi connectivity index (χ2n) is 18.0. The van der Waals surface area contributed by atoms with Crippen LogP contribution in [0.15, 0.2) is 199 Å². The molecule has 0 N–H and O–H groups in total. The second-order valence-corrected chi connectivity index (χ2v) is 19.1. The Morgan fingerprint density at radius 3 is 1.88 bits per heavy atom. The Kier molecular flexibility index (Phi) is 7.84. The highest BCUT2D eigenvalue weighted by molar-refractivity contribution is 7.25. The number of benzene rings is 9. The van der Waals surface area contributed by atoms with Crippen molar-refractivity contribution in [1.82, 2.24) is 19.5 Å². The first kappa shape index (κ1) is 37.2. The van der Waals surface area contributed by atoms with E-state index in [1.54, 1.807) is 0 Å². The number of rotatable bonds is 5. The average molecular weight is 863 g/mol. The van der Waals surface area contributed by atoms with Gasteiger partial charge in [-0.3, -0.25) is 0 Å². The molecule has 14 rings (SSSR count). The van der Waals surface area contributed by atoms with Gasteiger partial charge < -0.3 is 8.98 Å². The van der Waals surface area contributed by atoms with Crippen molar-refractivity contribution < 1.29 is 4.42 Å². The van der Waals surface area contributed by atoms with Crippen LogP contribution in [0.5, 0.6) is 0 Å². The number of para-hydroxylation sites is 2. The standard InChI is InChI=1S/C60H38N4OS/c1-60(2)49-32-37(23-26-41(49)45-33-47-43-18-7-10-21-53(43)65-54(47)34-50(45)60)36-24-27-52-46(30-36)42-17-6-9-20-51(42)64(52)40-16-12-15-38(29-40)58-61-57(35-13-4-3-5-14-35)62-59(63-58)39-25-28-56-48(31-39)44-19-8-11-22-55(44)66-56/h3-34H,1-2H3. The van der Waals surface area contributed by atoms with Gasteiger partial charge >= 0.3 is 0 Å². The fourth-order valence-corrected chi connectivity index (χ4v) is 11.6.